The number of amides is 1. The molecule has 1 aliphatic rings. The Kier molecular flexibility index (Phi) is 4.58. The molecule has 1 fully saturated rings. The number of aryl methyl sites for hydroxylation is 1. The molecule has 1 saturated carbocycles. The first kappa shape index (κ1) is 14.1. The smallest absolute Gasteiger partial charge is 0.276 e. The lowest BCUT2D eigenvalue weighted by molar-refractivity contribution is 0.0616. The van der Waals surface area contributed by atoms with E-state index in [1.165, 1.54) is 0 Å². The summed E-state index contributed by atoms with van der Waals surface area (Å²) < 4.78 is 5.00. The zero-order valence-electron chi connectivity index (χ0n) is 11.8. The van der Waals surface area contributed by atoms with E-state index in [0.29, 0.717) is 23.5 Å². The van der Waals surface area contributed by atoms with Crippen LogP contribution in [0.1, 0.15) is 55.3 Å². The zero-order valence-corrected chi connectivity index (χ0v) is 11.8. The van der Waals surface area contributed by atoms with E-state index in [2.05, 4.69) is 12.1 Å². The van der Waals surface area contributed by atoms with Crippen LogP contribution in [0.15, 0.2) is 10.6 Å². The Balaban J connectivity index is 2.08. The Morgan fingerprint density at radius 3 is 2.68 bits per heavy atom. The topological polar surface area (TPSA) is 72.4 Å². The number of nitrogens with zero attached hydrogens (tertiary/aromatic N) is 2. The first-order valence-corrected chi connectivity index (χ1v) is 7.11. The summed E-state index contributed by atoms with van der Waals surface area (Å²) >= 11 is 0. The summed E-state index contributed by atoms with van der Waals surface area (Å²) in [5, 5.41) is 3.84. The second-order valence-electron chi connectivity index (χ2n) is 5.39. The van der Waals surface area contributed by atoms with Crippen molar-refractivity contribution in [2.45, 2.75) is 58.0 Å². The molecule has 0 radical (unpaired) electrons. The van der Waals surface area contributed by atoms with Crippen LogP contribution in [0.3, 0.4) is 0 Å². The molecule has 5 nitrogen and oxygen atoms in total. The molecule has 5 heteroatoms. The van der Waals surface area contributed by atoms with Crippen molar-refractivity contribution in [1.29, 1.82) is 0 Å². The van der Waals surface area contributed by atoms with Crippen LogP contribution in [0.2, 0.25) is 0 Å². The van der Waals surface area contributed by atoms with Gasteiger partial charge in [0, 0.05) is 24.7 Å². The maximum absolute atomic E-state index is 12.5. The number of carbonyl (C=O) groups excluding carboxylic acids is 1. The van der Waals surface area contributed by atoms with Gasteiger partial charge in [-0.3, -0.25) is 4.79 Å². The molecule has 2 rings (SSSR count). The lowest BCUT2D eigenvalue weighted by Gasteiger charge is -2.35. The highest BCUT2D eigenvalue weighted by Gasteiger charge is 2.29. The molecule has 0 atom stereocenters. The first-order valence-electron chi connectivity index (χ1n) is 7.11. The van der Waals surface area contributed by atoms with Gasteiger partial charge in [0.15, 0.2) is 5.69 Å². The summed E-state index contributed by atoms with van der Waals surface area (Å²) in [6.45, 7) is 4.65. The average Bonchev–Trinajstić information content (AvgIpc) is 2.83. The molecule has 19 heavy (non-hydrogen) atoms. The fraction of sp³-hybridized carbons (Fsp3) is 0.714. The summed E-state index contributed by atoms with van der Waals surface area (Å²) in [6.07, 6.45) is 4.92. The first-order chi connectivity index (χ1) is 9.11. The van der Waals surface area contributed by atoms with Crippen molar-refractivity contribution in [2.24, 2.45) is 5.73 Å². The highest BCUT2D eigenvalue weighted by atomic mass is 16.5. The predicted octanol–water partition coefficient (Wildman–Crippen LogP) is 2.11. The van der Waals surface area contributed by atoms with Crippen molar-refractivity contribution in [2.75, 3.05) is 6.54 Å². The minimum Gasteiger partial charge on any atom is -0.361 e. The van der Waals surface area contributed by atoms with Gasteiger partial charge in [0.05, 0.1) is 0 Å². The van der Waals surface area contributed by atoms with Gasteiger partial charge in [-0.1, -0.05) is 12.1 Å². The van der Waals surface area contributed by atoms with Crippen molar-refractivity contribution in [3.05, 3.63) is 17.5 Å². The third kappa shape index (κ3) is 3.35. The van der Waals surface area contributed by atoms with E-state index < -0.39 is 0 Å². The minimum absolute atomic E-state index is 0.0147. The molecule has 1 aliphatic carbocycles. The monoisotopic (exact) mass is 265 g/mol. The molecule has 0 unspecified atom stereocenters. The van der Waals surface area contributed by atoms with E-state index >= 15 is 0 Å². The quantitative estimate of drug-likeness (QED) is 0.905. The highest BCUT2D eigenvalue weighted by molar-refractivity contribution is 5.92. The van der Waals surface area contributed by atoms with Crippen LogP contribution in [0, 0.1) is 6.92 Å². The lowest BCUT2D eigenvalue weighted by atomic mass is 9.90. The second kappa shape index (κ2) is 6.19. The van der Waals surface area contributed by atoms with Crippen LogP contribution in [-0.2, 0) is 0 Å². The summed E-state index contributed by atoms with van der Waals surface area (Å²) in [7, 11) is 0. The minimum atomic E-state index is -0.0147. The molecular weight excluding hydrogens is 242 g/mol. The largest absolute Gasteiger partial charge is 0.361 e. The summed E-state index contributed by atoms with van der Waals surface area (Å²) in [4.78, 5) is 14.4. The Morgan fingerprint density at radius 1 is 1.47 bits per heavy atom. The van der Waals surface area contributed by atoms with Crippen molar-refractivity contribution in [1.82, 2.24) is 10.1 Å². The van der Waals surface area contributed by atoms with Crippen molar-refractivity contribution >= 4 is 5.91 Å². The van der Waals surface area contributed by atoms with Gasteiger partial charge in [-0.15, -0.1) is 0 Å². The van der Waals surface area contributed by atoms with Crippen molar-refractivity contribution in [3.8, 4) is 0 Å². The molecule has 1 aromatic rings. The third-order valence-corrected chi connectivity index (χ3v) is 3.75. The number of nitrogens with two attached hydrogens (primary N) is 1. The number of aromatic nitrogens is 1. The highest BCUT2D eigenvalue weighted by Crippen LogP contribution is 2.23. The molecule has 1 heterocycles. The van der Waals surface area contributed by atoms with Gasteiger partial charge in [0.1, 0.15) is 5.76 Å². The summed E-state index contributed by atoms with van der Waals surface area (Å²) in [5.74, 6) is 0.657. The molecular formula is C14H23N3O2. The van der Waals surface area contributed by atoms with Crippen molar-refractivity contribution < 1.29 is 9.32 Å². The Bertz CT molecular complexity index is 422. The molecule has 0 bridgehead atoms. The van der Waals surface area contributed by atoms with Gasteiger partial charge >= 0.3 is 0 Å². The number of rotatable bonds is 4. The molecule has 2 N–H and O–H groups in total. The molecule has 0 saturated heterocycles. The summed E-state index contributed by atoms with van der Waals surface area (Å²) in [6, 6.07) is 2.30. The molecule has 0 spiro atoms. The van der Waals surface area contributed by atoms with Gasteiger partial charge in [-0.25, -0.2) is 0 Å². The van der Waals surface area contributed by atoms with Gasteiger partial charge in [-0.2, -0.15) is 0 Å². The zero-order chi connectivity index (χ0) is 13.8. The summed E-state index contributed by atoms with van der Waals surface area (Å²) in [5.41, 5.74) is 6.35. The van der Waals surface area contributed by atoms with Crippen LogP contribution in [0.4, 0.5) is 0 Å². The van der Waals surface area contributed by atoms with E-state index in [1.54, 1.807) is 13.0 Å². The van der Waals surface area contributed by atoms with Crippen LogP contribution < -0.4 is 5.73 Å². The van der Waals surface area contributed by atoms with Crippen LogP contribution in [0.25, 0.3) is 0 Å². The third-order valence-electron chi connectivity index (χ3n) is 3.75. The lowest BCUT2D eigenvalue weighted by Crippen LogP contribution is -2.44. The van der Waals surface area contributed by atoms with E-state index in [0.717, 1.165) is 38.6 Å². The molecule has 1 amide bonds. The molecule has 0 aromatic carbocycles. The number of hydrogen-bond acceptors (Lipinski definition) is 4. The van der Waals surface area contributed by atoms with Gasteiger partial charge in [-0.05, 0) is 39.0 Å². The Hall–Kier alpha value is -1.36. The van der Waals surface area contributed by atoms with E-state index in [1.807, 2.05) is 4.90 Å². The van der Waals surface area contributed by atoms with Crippen LogP contribution >= 0.6 is 0 Å². The van der Waals surface area contributed by atoms with E-state index in [4.69, 9.17) is 10.3 Å². The number of carbonyl (C=O) groups is 1. The standard InChI is InChI=1S/C14H23N3O2/c1-3-8-17(12-6-4-11(15)5-7-12)14(18)13-9-10(2)19-16-13/h9,11-12H,3-8,15H2,1-2H3. The molecule has 106 valence electrons. The maximum Gasteiger partial charge on any atom is 0.276 e. The van der Waals surface area contributed by atoms with Crippen LogP contribution in [-0.4, -0.2) is 34.6 Å². The van der Waals surface area contributed by atoms with Gasteiger partial charge < -0.3 is 15.2 Å². The fourth-order valence-electron chi connectivity index (χ4n) is 2.72. The normalized spacial score (nSPS) is 23.3. The molecule has 1 aromatic heterocycles. The van der Waals surface area contributed by atoms with Crippen molar-refractivity contribution in [3.63, 3.8) is 0 Å². The molecule has 0 aliphatic heterocycles. The Labute approximate surface area is 114 Å². The van der Waals surface area contributed by atoms with Crippen LogP contribution in [0.5, 0.6) is 0 Å². The van der Waals surface area contributed by atoms with Gasteiger partial charge in [0.2, 0.25) is 0 Å². The average molecular weight is 265 g/mol. The number of hydrogen-bond donors (Lipinski definition) is 1. The fourth-order valence-corrected chi connectivity index (χ4v) is 2.72. The second-order valence-corrected chi connectivity index (χ2v) is 5.39. The van der Waals surface area contributed by atoms with Gasteiger partial charge in [0.25, 0.3) is 5.91 Å². The van der Waals surface area contributed by atoms with E-state index in [9.17, 15) is 4.79 Å². The maximum atomic E-state index is 12.5. The predicted molar refractivity (Wildman–Crippen MR) is 72.8 cm³/mol. The Morgan fingerprint density at radius 2 is 2.16 bits per heavy atom. The SMILES string of the molecule is CCCN(C(=O)c1cc(C)on1)C1CCC(N)CC1. The van der Waals surface area contributed by atoms with E-state index in [-0.39, 0.29) is 5.91 Å².